The van der Waals surface area contributed by atoms with Gasteiger partial charge in [0.25, 0.3) is 0 Å². The molecule has 8 nitrogen and oxygen atoms in total. The lowest BCUT2D eigenvalue weighted by Crippen LogP contribution is -2.13. The van der Waals surface area contributed by atoms with Crippen LogP contribution in [0.3, 0.4) is 0 Å². The Kier molecular flexibility index (Phi) is 5.33. The molecule has 0 saturated heterocycles. The van der Waals surface area contributed by atoms with Gasteiger partial charge in [0.1, 0.15) is 5.69 Å². The van der Waals surface area contributed by atoms with Crippen molar-refractivity contribution in [2.24, 2.45) is 0 Å². The van der Waals surface area contributed by atoms with Crippen molar-refractivity contribution in [1.29, 1.82) is 5.26 Å². The van der Waals surface area contributed by atoms with Crippen molar-refractivity contribution < 1.29 is 23.7 Å². The quantitative estimate of drug-likeness (QED) is 0.312. The molecule has 176 valence electrons. The molecule has 2 aromatic heterocycles. The van der Waals surface area contributed by atoms with Gasteiger partial charge < -0.3 is 23.5 Å². The van der Waals surface area contributed by atoms with Crippen LogP contribution in [-0.4, -0.2) is 44.0 Å². The summed E-state index contributed by atoms with van der Waals surface area (Å²) < 4.78 is 24.2. The van der Waals surface area contributed by atoms with E-state index in [1.807, 2.05) is 30.3 Å². The van der Waals surface area contributed by atoms with Crippen LogP contribution in [-0.2, 0) is 11.3 Å². The van der Waals surface area contributed by atoms with E-state index in [1.165, 1.54) is 21.3 Å². The number of nitrogens with zero attached hydrogens (tertiary/aromatic N) is 3. The van der Waals surface area contributed by atoms with E-state index >= 15 is 0 Å². The minimum atomic E-state index is -0.692. The van der Waals surface area contributed by atoms with Gasteiger partial charge in [0, 0.05) is 34.0 Å². The second-order valence-electron chi connectivity index (χ2n) is 8.17. The van der Waals surface area contributed by atoms with Gasteiger partial charge >= 0.3 is 5.97 Å². The third-order valence-corrected chi connectivity index (χ3v) is 6.51. The first-order chi connectivity index (χ1) is 17.0. The predicted molar refractivity (Wildman–Crippen MR) is 130 cm³/mol. The number of nitriles is 1. The van der Waals surface area contributed by atoms with E-state index in [4.69, 9.17) is 23.9 Å². The summed E-state index contributed by atoms with van der Waals surface area (Å²) in [4.78, 5) is 17.4. The molecule has 1 aliphatic heterocycles. The number of carbonyl (C=O) groups is 1. The number of rotatable bonds is 5. The summed E-state index contributed by atoms with van der Waals surface area (Å²) in [7, 11) is 5.95. The number of fused-ring (bicyclic) bond motifs is 4. The third kappa shape index (κ3) is 3.12. The molecule has 5 rings (SSSR count). The maximum Gasteiger partial charge on any atom is 0.356 e. The fraction of sp³-hybridized carbons (Fsp3) is 0.222. The molecule has 2 aromatic carbocycles. The predicted octanol–water partition coefficient (Wildman–Crippen LogP) is 4.58. The van der Waals surface area contributed by atoms with Gasteiger partial charge in [0.05, 0.1) is 51.6 Å². The average molecular weight is 469 g/mol. The Morgan fingerprint density at radius 2 is 1.83 bits per heavy atom. The van der Waals surface area contributed by atoms with Crippen molar-refractivity contribution in [2.75, 3.05) is 28.4 Å². The fourth-order valence-electron chi connectivity index (χ4n) is 5.07. The van der Waals surface area contributed by atoms with E-state index in [0.29, 0.717) is 35.1 Å². The number of ether oxygens (including phenoxy) is 4. The van der Waals surface area contributed by atoms with Gasteiger partial charge in [0.2, 0.25) is 5.75 Å². The van der Waals surface area contributed by atoms with Gasteiger partial charge in [-0.3, -0.25) is 0 Å². The van der Waals surface area contributed by atoms with Crippen molar-refractivity contribution in [2.45, 2.75) is 12.5 Å². The Hall–Kier alpha value is -4.51. The van der Waals surface area contributed by atoms with Crippen molar-refractivity contribution in [3.05, 3.63) is 71.1 Å². The first kappa shape index (κ1) is 22.3. The van der Waals surface area contributed by atoms with Gasteiger partial charge in [-0.2, -0.15) is 5.26 Å². The molecule has 8 heteroatoms. The number of benzene rings is 2. The molecule has 0 radical (unpaired) electrons. The molecule has 0 saturated carbocycles. The standard InChI is InChI=1S/C27H23N3O5/c1-14(12-28)21-22-15(10-20(32-2)25(33-3)26(22)34-4)13-30-19-9-7-6-8-16(19)17-11-18(27(31)35-5)29-23(21)24(17)30/h6-11,21H,1,13H2,2-5H3. The number of para-hydroxylation sites is 1. The first-order valence-electron chi connectivity index (χ1n) is 10.9. The molecule has 0 fully saturated rings. The molecule has 1 atom stereocenters. The second kappa shape index (κ2) is 8.37. The summed E-state index contributed by atoms with van der Waals surface area (Å²) in [5, 5.41) is 11.8. The monoisotopic (exact) mass is 469 g/mol. The van der Waals surface area contributed by atoms with Crippen LogP contribution in [0.25, 0.3) is 21.8 Å². The number of esters is 1. The number of hydrogen-bond donors (Lipinski definition) is 0. The highest BCUT2D eigenvalue weighted by Crippen LogP contribution is 2.51. The van der Waals surface area contributed by atoms with Gasteiger partial charge in [-0.15, -0.1) is 0 Å². The van der Waals surface area contributed by atoms with E-state index in [-0.39, 0.29) is 11.3 Å². The molecule has 1 aliphatic rings. The highest BCUT2D eigenvalue weighted by Gasteiger charge is 2.36. The van der Waals surface area contributed by atoms with Crippen LogP contribution in [0.2, 0.25) is 0 Å². The number of allylic oxidation sites excluding steroid dienone is 1. The highest BCUT2D eigenvalue weighted by molar-refractivity contribution is 6.11. The summed E-state index contributed by atoms with van der Waals surface area (Å²) in [6, 6.07) is 13.8. The van der Waals surface area contributed by atoms with Crippen LogP contribution in [0.15, 0.2) is 48.6 Å². The van der Waals surface area contributed by atoms with Gasteiger partial charge in [0.15, 0.2) is 11.5 Å². The number of carbonyl (C=O) groups excluding carboxylic acids is 1. The Labute approximate surface area is 201 Å². The van der Waals surface area contributed by atoms with Gasteiger partial charge in [-0.25, -0.2) is 9.78 Å². The Bertz CT molecular complexity index is 1580. The maximum atomic E-state index is 12.6. The number of hydrogen-bond acceptors (Lipinski definition) is 7. The minimum Gasteiger partial charge on any atom is -0.493 e. The molecular formula is C27H23N3O5. The van der Waals surface area contributed by atoms with Crippen LogP contribution >= 0.6 is 0 Å². The van der Waals surface area contributed by atoms with Crippen LogP contribution in [0, 0.1) is 11.3 Å². The summed E-state index contributed by atoms with van der Waals surface area (Å²) in [5.74, 6) is 0.0804. The molecule has 0 bridgehead atoms. The lowest BCUT2D eigenvalue weighted by atomic mass is 9.84. The molecule has 0 aliphatic carbocycles. The fourth-order valence-corrected chi connectivity index (χ4v) is 5.07. The van der Waals surface area contributed by atoms with E-state index < -0.39 is 11.9 Å². The lowest BCUT2D eigenvalue weighted by Gasteiger charge is -2.23. The molecule has 3 heterocycles. The Morgan fingerprint density at radius 3 is 2.49 bits per heavy atom. The van der Waals surface area contributed by atoms with Crippen LogP contribution in [0.4, 0.5) is 0 Å². The smallest absolute Gasteiger partial charge is 0.356 e. The minimum absolute atomic E-state index is 0.150. The van der Waals surface area contributed by atoms with Gasteiger partial charge in [-0.1, -0.05) is 24.8 Å². The van der Waals surface area contributed by atoms with Crippen molar-refractivity contribution in [1.82, 2.24) is 9.55 Å². The zero-order valence-corrected chi connectivity index (χ0v) is 19.8. The maximum absolute atomic E-state index is 12.6. The Balaban J connectivity index is 2.01. The molecular weight excluding hydrogens is 446 g/mol. The van der Waals surface area contributed by atoms with E-state index in [1.54, 1.807) is 13.2 Å². The summed E-state index contributed by atoms with van der Waals surface area (Å²) in [5.41, 5.74) is 4.27. The summed E-state index contributed by atoms with van der Waals surface area (Å²) in [6.45, 7) is 4.52. The van der Waals surface area contributed by atoms with E-state index in [9.17, 15) is 10.1 Å². The Morgan fingerprint density at radius 1 is 1.09 bits per heavy atom. The topological polar surface area (TPSA) is 95.6 Å². The van der Waals surface area contributed by atoms with Crippen LogP contribution in [0.1, 0.15) is 33.2 Å². The van der Waals surface area contributed by atoms with E-state index in [0.717, 1.165) is 27.4 Å². The molecule has 0 amide bonds. The van der Waals surface area contributed by atoms with Crippen LogP contribution < -0.4 is 14.2 Å². The SMILES string of the molecule is C=C(C#N)C1c2c(cc(OC)c(OC)c2OC)Cn2c3ccccc3c3cc(C(=O)OC)nc1c32. The van der Waals surface area contributed by atoms with Crippen molar-refractivity contribution in [3.8, 4) is 23.3 Å². The zero-order valence-electron chi connectivity index (χ0n) is 19.8. The normalized spacial score (nSPS) is 14.1. The van der Waals surface area contributed by atoms with Gasteiger partial charge in [-0.05, 0) is 23.8 Å². The number of pyridine rings is 1. The first-order valence-corrected chi connectivity index (χ1v) is 10.9. The second-order valence-corrected chi connectivity index (χ2v) is 8.17. The van der Waals surface area contributed by atoms with E-state index in [2.05, 4.69) is 17.2 Å². The molecule has 4 aromatic rings. The molecule has 1 unspecified atom stereocenters. The molecule has 0 spiro atoms. The average Bonchev–Trinajstić information content (AvgIpc) is 3.12. The number of methoxy groups -OCH3 is 4. The number of aromatic nitrogens is 2. The molecule has 0 N–H and O–H groups in total. The summed E-state index contributed by atoms with van der Waals surface area (Å²) in [6.07, 6.45) is 0. The van der Waals surface area contributed by atoms with Crippen molar-refractivity contribution in [3.63, 3.8) is 0 Å². The van der Waals surface area contributed by atoms with Crippen molar-refractivity contribution >= 4 is 27.8 Å². The van der Waals surface area contributed by atoms with Crippen LogP contribution in [0.5, 0.6) is 17.2 Å². The lowest BCUT2D eigenvalue weighted by molar-refractivity contribution is 0.0594. The zero-order chi connectivity index (χ0) is 24.9. The third-order valence-electron chi connectivity index (χ3n) is 6.51. The highest BCUT2D eigenvalue weighted by atomic mass is 16.5. The molecule has 35 heavy (non-hydrogen) atoms. The largest absolute Gasteiger partial charge is 0.493 e. The summed E-state index contributed by atoms with van der Waals surface area (Å²) >= 11 is 0.